The lowest BCUT2D eigenvalue weighted by Gasteiger charge is -2.15. The molecule has 0 radical (unpaired) electrons. The van der Waals surface area contributed by atoms with Gasteiger partial charge in [0.2, 0.25) is 0 Å². The maximum absolute atomic E-state index is 14.4. The zero-order valence-electron chi connectivity index (χ0n) is 13.6. The van der Waals surface area contributed by atoms with Crippen molar-refractivity contribution < 1.29 is 9.18 Å². The van der Waals surface area contributed by atoms with E-state index < -0.39 is 5.82 Å². The lowest BCUT2D eigenvalue weighted by Crippen LogP contribution is -2.31. The Labute approximate surface area is 153 Å². The number of nitrogens with two attached hydrogens (primary N) is 1. The number of benzene rings is 1. The van der Waals surface area contributed by atoms with Gasteiger partial charge >= 0.3 is 0 Å². The van der Waals surface area contributed by atoms with Crippen molar-refractivity contribution in [3.8, 4) is 11.3 Å². The van der Waals surface area contributed by atoms with Gasteiger partial charge < -0.3 is 21.4 Å². The summed E-state index contributed by atoms with van der Waals surface area (Å²) in [6.45, 7) is 0.537. The number of pyridine rings is 1. The van der Waals surface area contributed by atoms with Crippen LogP contribution in [0.2, 0.25) is 5.02 Å². The van der Waals surface area contributed by atoms with Crippen molar-refractivity contribution in [2.75, 3.05) is 17.6 Å². The fourth-order valence-corrected chi connectivity index (χ4v) is 3.23. The largest absolute Gasteiger partial charge is 0.384 e. The van der Waals surface area contributed by atoms with Crippen molar-refractivity contribution in [2.24, 2.45) is 0 Å². The second-order valence-electron chi connectivity index (χ2n) is 5.93. The first kappa shape index (κ1) is 16.4. The van der Waals surface area contributed by atoms with Gasteiger partial charge in [0.05, 0.1) is 27.7 Å². The number of fused-ring (bicyclic) bond motifs is 1. The first-order chi connectivity index (χ1) is 12.5. The van der Waals surface area contributed by atoms with E-state index in [0.717, 1.165) is 11.3 Å². The number of amides is 1. The minimum atomic E-state index is -0.583. The summed E-state index contributed by atoms with van der Waals surface area (Å²) in [6, 6.07) is 8.12. The molecule has 0 saturated carbocycles. The molecule has 1 aliphatic heterocycles. The second kappa shape index (κ2) is 6.34. The topological polar surface area (TPSA) is 95.8 Å². The maximum atomic E-state index is 14.4. The zero-order valence-corrected chi connectivity index (χ0v) is 14.3. The molecule has 4 rings (SSSR count). The molecule has 8 heteroatoms. The van der Waals surface area contributed by atoms with Crippen LogP contribution >= 0.6 is 11.6 Å². The molecule has 1 amide bonds. The number of anilines is 3. The molecule has 132 valence electrons. The third kappa shape index (κ3) is 2.76. The summed E-state index contributed by atoms with van der Waals surface area (Å²) in [5, 5.41) is 5.83. The quantitative estimate of drug-likeness (QED) is 0.566. The highest BCUT2D eigenvalue weighted by Gasteiger charge is 2.27. The highest BCUT2D eigenvalue weighted by molar-refractivity contribution is 6.31. The van der Waals surface area contributed by atoms with Gasteiger partial charge in [-0.3, -0.25) is 4.79 Å². The Morgan fingerprint density at radius 3 is 2.96 bits per heavy atom. The lowest BCUT2D eigenvalue weighted by atomic mass is 10.1. The Kier molecular flexibility index (Phi) is 4.00. The van der Waals surface area contributed by atoms with Gasteiger partial charge in [-0.25, -0.2) is 9.37 Å². The molecule has 0 fully saturated rings. The molecule has 0 saturated heterocycles. The predicted octanol–water partition coefficient (Wildman–Crippen LogP) is 3.48. The van der Waals surface area contributed by atoms with Crippen LogP contribution in [0.4, 0.5) is 21.6 Å². The Balaban J connectivity index is 1.90. The second-order valence-corrected chi connectivity index (χ2v) is 6.34. The fraction of sp³-hybridized carbons (Fsp3) is 0.111. The van der Waals surface area contributed by atoms with E-state index in [1.165, 1.54) is 6.07 Å². The standard InChI is InChI=1S/C18H15ClFN5O/c19-10-2-1-3-12(15(10)20)25-17-14-11(5-7-23-18(14)26)24-16(17)9-4-6-22-13(21)8-9/h1-4,6,8,24-25H,5,7H2,(H2,21,22)(H,23,26). The van der Waals surface area contributed by atoms with E-state index in [-0.39, 0.29) is 16.6 Å². The third-order valence-corrected chi connectivity index (χ3v) is 4.54. The van der Waals surface area contributed by atoms with Gasteiger partial charge in [0, 0.05) is 30.4 Å². The van der Waals surface area contributed by atoms with Crippen molar-refractivity contribution in [3.63, 3.8) is 0 Å². The zero-order chi connectivity index (χ0) is 18.3. The van der Waals surface area contributed by atoms with Crippen molar-refractivity contribution in [1.82, 2.24) is 15.3 Å². The van der Waals surface area contributed by atoms with Crippen LogP contribution in [0.15, 0.2) is 36.5 Å². The number of carbonyl (C=O) groups is 1. The van der Waals surface area contributed by atoms with Crippen LogP contribution < -0.4 is 16.4 Å². The Morgan fingerprint density at radius 1 is 1.31 bits per heavy atom. The molecular formula is C18H15ClFN5O. The van der Waals surface area contributed by atoms with Gasteiger partial charge in [-0.15, -0.1) is 0 Å². The molecular weight excluding hydrogens is 357 g/mol. The summed E-state index contributed by atoms with van der Waals surface area (Å²) in [5.74, 6) is -0.458. The number of hydrogen-bond acceptors (Lipinski definition) is 4. The summed E-state index contributed by atoms with van der Waals surface area (Å²) in [4.78, 5) is 19.7. The molecule has 5 N–H and O–H groups in total. The van der Waals surface area contributed by atoms with E-state index in [4.69, 9.17) is 17.3 Å². The number of carbonyl (C=O) groups excluding carboxylic acids is 1. The summed E-state index contributed by atoms with van der Waals surface area (Å²) >= 11 is 5.88. The smallest absolute Gasteiger partial charge is 0.255 e. The molecule has 2 aromatic heterocycles. The number of aromatic amines is 1. The molecule has 3 aromatic rings. The molecule has 0 spiro atoms. The van der Waals surface area contributed by atoms with Crippen LogP contribution in [0.3, 0.4) is 0 Å². The Hall–Kier alpha value is -3.06. The third-order valence-electron chi connectivity index (χ3n) is 4.25. The summed E-state index contributed by atoms with van der Waals surface area (Å²) in [5.41, 5.74) is 9.07. The number of H-pyrrole nitrogens is 1. The van der Waals surface area contributed by atoms with Crippen LogP contribution in [-0.4, -0.2) is 22.4 Å². The average molecular weight is 372 g/mol. The first-order valence-corrected chi connectivity index (χ1v) is 8.38. The van der Waals surface area contributed by atoms with Crippen LogP contribution in [0.1, 0.15) is 16.1 Å². The molecule has 0 bridgehead atoms. The molecule has 3 heterocycles. The normalized spacial score (nSPS) is 13.2. The molecule has 26 heavy (non-hydrogen) atoms. The van der Waals surface area contributed by atoms with Crippen LogP contribution in [-0.2, 0) is 6.42 Å². The van der Waals surface area contributed by atoms with E-state index in [1.807, 2.05) is 0 Å². The van der Waals surface area contributed by atoms with Crippen molar-refractivity contribution >= 4 is 34.7 Å². The SMILES string of the molecule is Nc1cc(-c2[nH]c3c(c2Nc2cccc(Cl)c2F)C(=O)NCC3)ccn1. The first-order valence-electron chi connectivity index (χ1n) is 8.00. The molecule has 1 aliphatic rings. The highest BCUT2D eigenvalue weighted by atomic mass is 35.5. The van der Waals surface area contributed by atoms with Crippen LogP contribution in [0, 0.1) is 5.82 Å². The van der Waals surface area contributed by atoms with Gasteiger partial charge in [0.1, 0.15) is 5.82 Å². The van der Waals surface area contributed by atoms with E-state index in [2.05, 4.69) is 20.6 Å². The number of rotatable bonds is 3. The van der Waals surface area contributed by atoms with E-state index >= 15 is 0 Å². The Morgan fingerprint density at radius 2 is 2.15 bits per heavy atom. The summed E-state index contributed by atoms with van der Waals surface area (Å²) in [7, 11) is 0. The minimum absolute atomic E-state index is 0.00133. The van der Waals surface area contributed by atoms with Gasteiger partial charge in [0.25, 0.3) is 5.91 Å². The van der Waals surface area contributed by atoms with Crippen LogP contribution in [0.25, 0.3) is 11.3 Å². The van der Waals surface area contributed by atoms with Crippen molar-refractivity contribution in [1.29, 1.82) is 0 Å². The van der Waals surface area contributed by atoms with E-state index in [0.29, 0.717) is 35.7 Å². The van der Waals surface area contributed by atoms with Gasteiger partial charge in [-0.2, -0.15) is 0 Å². The average Bonchev–Trinajstić information content (AvgIpc) is 2.99. The van der Waals surface area contributed by atoms with E-state index in [9.17, 15) is 9.18 Å². The van der Waals surface area contributed by atoms with Gasteiger partial charge in [-0.05, 0) is 24.3 Å². The summed E-state index contributed by atoms with van der Waals surface area (Å²) < 4.78 is 14.4. The molecule has 0 unspecified atom stereocenters. The summed E-state index contributed by atoms with van der Waals surface area (Å²) in [6.07, 6.45) is 2.22. The number of halogens is 2. The van der Waals surface area contributed by atoms with Crippen LogP contribution in [0.5, 0.6) is 0 Å². The number of hydrogen-bond donors (Lipinski definition) is 4. The highest BCUT2D eigenvalue weighted by Crippen LogP contribution is 2.38. The minimum Gasteiger partial charge on any atom is -0.384 e. The van der Waals surface area contributed by atoms with Gasteiger partial charge in [0.15, 0.2) is 5.82 Å². The van der Waals surface area contributed by atoms with Crippen molar-refractivity contribution in [2.45, 2.75) is 6.42 Å². The predicted molar refractivity (Wildman–Crippen MR) is 99.2 cm³/mol. The number of nitrogens with zero attached hydrogens (tertiary/aromatic N) is 1. The Bertz CT molecular complexity index is 1020. The number of aromatic nitrogens is 2. The fourth-order valence-electron chi connectivity index (χ4n) is 3.06. The molecule has 1 aromatic carbocycles. The molecule has 0 atom stereocenters. The number of nitrogen functional groups attached to an aromatic ring is 1. The van der Waals surface area contributed by atoms with E-state index in [1.54, 1.807) is 30.5 Å². The lowest BCUT2D eigenvalue weighted by molar-refractivity contribution is 0.0947. The molecule has 0 aliphatic carbocycles. The monoisotopic (exact) mass is 371 g/mol. The van der Waals surface area contributed by atoms with Gasteiger partial charge in [-0.1, -0.05) is 17.7 Å². The molecule has 6 nitrogen and oxygen atoms in total. The maximum Gasteiger partial charge on any atom is 0.255 e. The number of nitrogens with one attached hydrogen (secondary N) is 3. The van der Waals surface area contributed by atoms with Crippen molar-refractivity contribution in [3.05, 3.63) is 58.6 Å².